The predicted molar refractivity (Wildman–Crippen MR) is 53.9 cm³/mol. The third kappa shape index (κ3) is 2.45. The van der Waals surface area contributed by atoms with Crippen LogP contribution in [0.1, 0.15) is 10.4 Å². The van der Waals surface area contributed by atoms with Crippen molar-refractivity contribution >= 4 is 18.5 Å². The first kappa shape index (κ1) is 10.5. The Morgan fingerprint density at radius 3 is 2.36 bits per heavy atom. The summed E-state index contributed by atoms with van der Waals surface area (Å²) in [5.74, 6) is -0.279. The van der Waals surface area contributed by atoms with Crippen LogP contribution >= 0.6 is 0 Å². The third-order valence-electron chi connectivity index (χ3n) is 1.70. The molecule has 0 unspecified atom stereocenters. The van der Waals surface area contributed by atoms with Gasteiger partial charge in [0.1, 0.15) is 0 Å². The lowest BCUT2D eigenvalue weighted by Gasteiger charge is -2.01. The number of carbonyl (C=O) groups excluding carboxylic acids is 1. The highest BCUT2D eigenvalue weighted by Gasteiger charge is 2.11. The molecule has 0 atom stereocenters. The van der Waals surface area contributed by atoms with Gasteiger partial charge in [0.05, 0.1) is 0 Å². The Morgan fingerprint density at radius 2 is 1.93 bits per heavy atom. The van der Waals surface area contributed by atoms with E-state index in [0.717, 1.165) is 0 Å². The van der Waals surface area contributed by atoms with Crippen molar-refractivity contribution in [3.05, 3.63) is 42.6 Å². The largest absolute Gasteiger partial charge is 0.488 e. The minimum absolute atomic E-state index is 0.279. The van der Waals surface area contributed by atoms with Crippen LogP contribution in [-0.2, 0) is 0 Å². The van der Waals surface area contributed by atoms with Crippen molar-refractivity contribution in [1.29, 1.82) is 0 Å². The van der Waals surface area contributed by atoms with E-state index in [1.807, 2.05) is 0 Å². The van der Waals surface area contributed by atoms with Gasteiger partial charge < -0.3 is 15.4 Å². The van der Waals surface area contributed by atoms with E-state index >= 15 is 0 Å². The lowest BCUT2D eigenvalue weighted by atomic mass is 9.80. The van der Waals surface area contributed by atoms with E-state index in [1.165, 1.54) is 30.5 Å². The number of hydrogen-bond donors (Lipinski definition) is 3. The Morgan fingerprint density at radius 1 is 1.36 bits per heavy atom. The molecule has 0 saturated heterocycles. The number of benzene rings is 1. The molecule has 14 heavy (non-hydrogen) atoms. The Bertz CT molecular complexity index is 334. The fourth-order valence-electron chi connectivity index (χ4n) is 0.983. The highest BCUT2D eigenvalue weighted by atomic mass is 16.4. The molecule has 0 bridgehead atoms. The van der Waals surface area contributed by atoms with Crippen LogP contribution in [0.15, 0.2) is 37.0 Å². The first-order valence-electron chi connectivity index (χ1n) is 4.03. The standard InChI is InChI=1S/C9H10BNO3/c1-2-11-9(12)7-3-5-8(6-4-7)10(13)14/h2-6,13-14H,1H2,(H,11,12). The van der Waals surface area contributed by atoms with E-state index in [2.05, 4.69) is 11.9 Å². The van der Waals surface area contributed by atoms with Gasteiger partial charge in [0, 0.05) is 5.56 Å². The predicted octanol–water partition coefficient (Wildman–Crippen LogP) is -0.760. The van der Waals surface area contributed by atoms with E-state index in [1.54, 1.807) is 0 Å². The van der Waals surface area contributed by atoms with Gasteiger partial charge in [0.2, 0.25) is 0 Å². The molecule has 0 fully saturated rings. The minimum Gasteiger partial charge on any atom is -0.423 e. The first-order chi connectivity index (χ1) is 6.65. The topological polar surface area (TPSA) is 69.6 Å². The molecule has 0 aliphatic rings. The third-order valence-corrected chi connectivity index (χ3v) is 1.70. The second-order valence-corrected chi connectivity index (χ2v) is 2.67. The molecule has 0 heterocycles. The van der Waals surface area contributed by atoms with Gasteiger partial charge >= 0.3 is 7.12 Å². The van der Waals surface area contributed by atoms with Crippen molar-refractivity contribution in [3.63, 3.8) is 0 Å². The van der Waals surface area contributed by atoms with Gasteiger partial charge in [-0.2, -0.15) is 0 Å². The van der Waals surface area contributed by atoms with Crippen LogP contribution in [0.4, 0.5) is 0 Å². The van der Waals surface area contributed by atoms with Crippen LogP contribution in [0, 0.1) is 0 Å². The van der Waals surface area contributed by atoms with E-state index < -0.39 is 7.12 Å². The summed E-state index contributed by atoms with van der Waals surface area (Å²) >= 11 is 0. The average Bonchev–Trinajstić information content (AvgIpc) is 2.18. The Hall–Kier alpha value is -1.59. The lowest BCUT2D eigenvalue weighted by molar-refractivity contribution is 0.0970. The monoisotopic (exact) mass is 191 g/mol. The van der Waals surface area contributed by atoms with Crippen LogP contribution in [0.3, 0.4) is 0 Å². The number of nitrogens with one attached hydrogen (secondary N) is 1. The van der Waals surface area contributed by atoms with Gasteiger partial charge in [-0.05, 0) is 23.8 Å². The van der Waals surface area contributed by atoms with Crippen LogP contribution in [-0.4, -0.2) is 23.1 Å². The fraction of sp³-hybridized carbons (Fsp3) is 0. The first-order valence-corrected chi connectivity index (χ1v) is 4.03. The van der Waals surface area contributed by atoms with Gasteiger partial charge in [0.25, 0.3) is 5.91 Å². The zero-order chi connectivity index (χ0) is 10.6. The van der Waals surface area contributed by atoms with Crippen molar-refractivity contribution in [2.24, 2.45) is 0 Å². The van der Waals surface area contributed by atoms with E-state index in [4.69, 9.17) is 10.0 Å². The summed E-state index contributed by atoms with van der Waals surface area (Å²) in [4.78, 5) is 11.2. The number of carbonyl (C=O) groups is 1. The molecule has 0 aliphatic heterocycles. The van der Waals surface area contributed by atoms with E-state index in [0.29, 0.717) is 11.0 Å². The molecular weight excluding hydrogens is 181 g/mol. The van der Waals surface area contributed by atoms with Crippen LogP contribution in [0.2, 0.25) is 0 Å². The average molecular weight is 191 g/mol. The van der Waals surface area contributed by atoms with Crippen molar-refractivity contribution in [3.8, 4) is 0 Å². The second-order valence-electron chi connectivity index (χ2n) is 2.67. The molecule has 1 aromatic rings. The lowest BCUT2D eigenvalue weighted by Crippen LogP contribution is -2.30. The highest BCUT2D eigenvalue weighted by Crippen LogP contribution is 1.96. The fourth-order valence-corrected chi connectivity index (χ4v) is 0.983. The molecule has 1 rings (SSSR count). The molecule has 0 aromatic heterocycles. The highest BCUT2D eigenvalue weighted by molar-refractivity contribution is 6.58. The molecule has 0 saturated carbocycles. The van der Waals surface area contributed by atoms with Crippen molar-refractivity contribution in [2.45, 2.75) is 0 Å². The van der Waals surface area contributed by atoms with E-state index in [9.17, 15) is 4.79 Å². The molecule has 3 N–H and O–H groups in total. The summed E-state index contributed by atoms with van der Waals surface area (Å²) in [6, 6.07) is 5.96. The minimum atomic E-state index is -1.51. The van der Waals surface area contributed by atoms with Gasteiger partial charge in [0.15, 0.2) is 0 Å². The normalized spacial score (nSPS) is 9.29. The summed E-state index contributed by atoms with van der Waals surface area (Å²) in [6.45, 7) is 3.36. The Kier molecular flexibility index (Phi) is 3.44. The van der Waals surface area contributed by atoms with Crippen LogP contribution in [0.25, 0.3) is 0 Å². The zero-order valence-corrected chi connectivity index (χ0v) is 7.47. The molecule has 0 aliphatic carbocycles. The Labute approximate surface area is 82.0 Å². The smallest absolute Gasteiger partial charge is 0.423 e. The van der Waals surface area contributed by atoms with Crippen LogP contribution in [0.5, 0.6) is 0 Å². The maximum atomic E-state index is 11.2. The summed E-state index contributed by atoms with van der Waals surface area (Å²) in [7, 11) is -1.51. The molecule has 4 nitrogen and oxygen atoms in total. The molecule has 1 aromatic carbocycles. The molecule has 0 radical (unpaired) electrons. The second kappa shape index (κ2) is 4.60. The molecule has 5 heteroatoms. The summed E-state index contributed by atoms with van der Waals surface area (Å²) in [5, 5.41) is 20.0. The van der Waals surface area contributed by atoms with Crippen molar-refractivity contribution in [1.82, 2.24) is 5.32 Å². The molecule has 0 spiro atoms. The van der Waals surface area contributed by atoms with E-state index in [-0.39, 0.29) is 5.91 Å². The quantitative estimate of drug-likeness (QED) is 0.550. The summed E-state index contributed by atoms with van der Waals surface area (Å²) < 4.78 is 0. The molecular formula is C9H10BNO3. The van der Waals surface area contributed by atoms with Crippen molar-refractivity contribution < 1.29 is 14.8 Å². The maximum Gasteiger partial charge on any atom is 0.488 e. The SMILES string of the molecule is C=CNC(=O)c1ccc(B(O)O)cc1. The molecule has 72 valence electrons. The van der Waals surface area contributed by atoms with Crippen molar-refractivity contribution in [2.75, 3.05) is 0 Å². The van der Waals surface area contributed by atoms with Gasteiger partial charge in [-0.3, -0.25) is 4.79 Å². The van der Waals surface area contributed by atoms with Gasteiger partial charge in [-0.1, -0.05) is 18.7 Å². The number of hydrogen-bond acceptors (Lipinski definition) is 3. The summed E-state index contributed by atoms with van der Waals surface area (Å²) in [6.07, 6.45) is 1.29. The molecule has 1 amide bonds. The van der Waals surface area contributed by atoms with Crippen LogP contribution < -0.4 is 10.8 Å². The Balaban J connectivity index is 2.82. The maximum absolute atomic E-state index is 11.2. The van der Waals surface area contributed by atoms with Gasteiger partial charge in [-0.25, -0.2) is 0 Å². The number of amides is 1. The zero-order valence-electron chi connectivity index (χ0n) is 7.47. The summed E-state index contributed by atoms with van der Waals surface area (Å²) in [5.41, 5.74) is 0.787. The van der Waals surface area contributed by atoms with Gasteiger partial charge in [-0.15, -0.1) is 0 Å². The number of rotatable bonds is 3.